The van der Waals surface area contributed by atoms with Gasteiger partial charge in [0.1, 0.15) is 6.33 Å². The monoisotopic (exact) mass is 282 g/mol. The molecule has 0 aliphatic carbocycles. The molecular weight excluding hydrogens is 260 g/mol. The zero-order valence-corrected chi connectivity index (χ0v) is 12.8. The molecule has 5 nitrogen and oxygen atoms in total. The summed E-state index contributed by atoms with van der Waals surface area (Å²) in [5.41, 5.74) is 0. The zero-order valence-electron chi connectivity index (χ0n) is 12.0. The molecule has 0 saturated carbocycles. The summed E-state index contributed by atoms with van der Waals surface area (Å²) in [7, 11) is 1.68. The first-order valence-electron chi connectivity index (χ1n) is 6.70. The molecule has 0 bridgehead atoms. The Labute approximate surface area is 119 Å². The van der Waals surface area contributed by atoms with Crippen molar-refractivity contribution in [3.8, 4) is 5.75 Å². The Kier molecular flexibility index (Phi) is 4.74. The molecule has 2 heterocycles. The summed E-state index contributed by atoms with van der Waals surface area (Å²) in [6.45, 7) is 8.36. The number of aromatic nitrogens is 2. The molecule has 106 valence electrons. The molecule has 2 atom stereocenters. The van der Waals surface area contributed by atoms with Crippen LogP contribution in [0.4, 0.5) is 11.6 Å². The van der Waals surface area contributed by atoms with Crippen LogP contribution in [-0.2, 0) is 0 Å². The molecule has 1 saturated heterocycles. The zero-order chi connectivity index (χ0) is 13.8. The summed E-state index contributed by atoms with van der Waals surface area (Å²) in [6.07, 6.45) is 1.61. The van der Waals surface area contributed by atoms with Crippen LogP contribution in [0.3, 0.4) is 0 Å². The van der Waals surface area contributed by atoms with Crippen LogP contribution < -0.4 is 15.0 Å². The first-order valence-corrected chi connectivity index (χ1v) is 7.75. The maximum Gasteiger partial charge on any atom is 0.204 e. The highest BCUT2D eigenvalue weighted by molar-refractivity contribution is 8.00. The summed E-state index contributed by atoms with van der Waals surface area (Å²) < 4.78 is 5.53. The second-order valence-corrected chi connectivity index (χ2v) is 6.10. The molecule has 6 heteroatoms. The van der Waals surface area contributed by atoms with Crippen LogP contribution in [-0.4, -0.2) is 47.2 Å². The molecule has 1 aromatic rings. The minimum absolute atomic E-state index is 0.442. The first kappa shape index (κ1) is 14.2. The van der Waals surface area contributed by atoms with Crippen LogP contribution in [0.2, 0.25) is 0 Å². The summed E-state index contributed by atoms with van der Waals surface area (Å²) in [5, 5.41) is 3.82. The van der Waals surface area contributed by atoms with Gasteiger partial charge in [0.2, 0.25) is 5.75 Å². The minimum Gasteiger partial charge on any atom is -0.490 e. The number of nitrogens with one attached hydrogen (secondary N) is 1. The van der Waals surface area contributed by atoms with Crippen molar-refractivity contribution in [2.45, 2.75) is 32.1 Å². The van der Waals surface area contributed by atoms with Crippen molar-refractivity contribution >= 4 is 23.4 Å². The van der Waals surface area contributed by atoms with Gasteiger partial charge in [0.15, 0.2) is 11.6 Å². The number of hydrogen-bond acceptors (Lipinski definition) is 6. The van der Waals surface area contributed by atoms with E-state index in [4.69, 9.17) is 4.74 Å². The van der Waals surface area contributed by atoms with Crippen molar-refractivity contribution in [1.29, 1.82) is 0 Å². The topological polar surface area (TPSA) is 50.3 Å². The number of methoxy groups -OCH3 is 1. The lowest BCUT2D eigenvalue weighted by molar-refractivity contribution is 0.410. The van der Waals surface area contributed by atoms with E-state index in [-0.39, 0.29) is 0 Å². The Hall–Kier alpha value is -1.17. The fourth-order valence-corrected chi connectivity index (χ4v) is 3.38. The molecule has 0 aromatic carbocycles. The lowest BCUT2D eigenvalue weighted by atomic mass is 10.2. The van der Waals surface area contributed by atoms with E-state index in [0.717, 1.165) is 36.2 Å². The predicted octanol–water partition coefficient (Wildman–Crippen LogP) is 2.25. The number of nitrogens with zero attached hydrogens (tertiary/aromatic N) is 3. The summed E-state index contributed by atoms with van der Waals surface area (Å²) >= 11 is 2.01. The van der Waals surface area contributed by atoms with Gasteiger partial charge < -0.3 is 15.0 Å². The number of rotatable bonds is 4. The van der Waals surface area contributed by atoms with Crippen molar-refractivity contribution in [2.24, 2.45) is 0 Å². The highest BCUT2D eigenvalue weighted by Crippen LogP contribution is 2.36. The fourth-order valence-electron chi connectivity index (χ4n) is 2.28. The molecule has 1 aliphatic rings. The molecule has 19 heavy (non-hydrogen) atoms. The normalized spacial score (nSPS) is 23.3. The Morgan fingerprint density at radius 3 is 2.95 bits per heavy atom. The van der Waals surface area contributed by atoms with Crippen molar-refractivity contribution in [1.82, 2.24) is 9.97 Å². The van der Waals surface area contributed by atoms with Crippen LogP contribution in [0.15, 0.2) is 6.33 Å². The summed E-state index contributed by atoms with van der Waals surface area (Å²) in [4.78, 5) is 11.0. The highest BCUT2D eigenvalue weighted by atomic mass is 32.2. The Bertz CT molecular complexity index is 429. The Morgan fingerprint density at radius 1 is 1.47 bits per heavy atom. The maximum atomic E-state index is 5.53. The molecule has 2 rings (SSSR count). The van der Waals surface area contributed by atoms with Gasteiger partial charge in [-0.2, -0.15) is 11.8 Å². The van der Waals surface area contributed by atoms with Gasteiger partial charge in [0.25, 0.3) is 0 Å². The summed E-state index contributed by atoms with van der Waals surface area (Å²) in [5.74, 6) is 3.53. The van der Waals surface area contributed by atoms with Gasteiger partial charge in [0.05, 0.1) is 7.11 Å². The Morgan fingerprint density at radius 2 is 2.26 bits per heavy atom. The SMILES string of the molecule is CCNc1ncnc(N2CCSC(C)C2C)c1OC. The van der Waals surface area contributed by atoms with E-state index in [2.05, 4.69) is 34.0 Å². The molecule has 0 radical (unpaired) electrons. The van der Waals surface area contributed by atoms with Crippen LogP contribution >= 0.6 is 11.8 Å². The number of hydrogen-bond donors (Lipinski definition) is 1. The van der Waals surface area contributed by atoms with Crippen molar-refractivity contribution in [2.75, 3.05) is 36.2 Å². The highest BCUT2D eigenvalue weighted by Gasteiger charge is 2.29. The standard InChI is InChI=1S/C13H22N4OS/c1-5-14-12-11(18-4)13(16-8-15-12)17-6-7-19-10(3)9(17)2/h8-10H,5-7H2,1-4H3,(H,14,15,16). The fraction of sp³-hybridized carbons (Fsp3) is 0.692. The van der Waals surface area contributed by atoms with Gasteiger partial charge in [-0.25, -0.2) is 9.97 Å². The second kappa shape index (κ2) is 6.32. The molecular formula is C13H22N4OS. The first-order chi connectivity index (χ1) is 9.19. The van der Waals surface area contributed by atoms with Gasteiger partial charge in [-0.1, -0.05) is 6.92 Å². The van der Waals surface area contributed by atoms with Crippen molar-refractivity contribution in [3.05, 3.63) is 6.33 Å². The lowest BCUT2D eigenvalue weighted by Gasteiger charge is -2.38. The number of ether oxygens (including phenoxy) is 1. The molecule has 1 aromatic heterocycles. The smallest absolute Gasteiger partial charge is 0.204 e. The van der Waals surface area contributed by atoms with E-state index < -0.39 is 0 Å². The molecule has 1 aliphatic heterocycles. The van der Waals surface area contributed by atoms with Crippen LogP contribution in [0, 0.1) is 0 Å². The third-order valence-electron chi connectivity index (χ3n) is 3.49. The summed E-state index contributed by atoms with van der Waals surface area (Å²) in [6, 6.07) is 0.442. The van der Waals surface area contributed by atoms with Crippen LogP contribution in [0.1, 0.15) is 20.8 Å². The minimum atomic E-state index is 0.442. The van der Waals surface area contributed by atoms with E-state index in [1.165, 1.54) is 0 Å². The number of anilines is 2. The molecule has 1 N–H and O–H groups in total. The van der Waals surface area contributed by atoms with Gasteiger partial charge in [-0.15, -0.1) is 0 Å². The third kappa shape index (κ3) is 2.88. The largest absolute Gasteiger partial charge is 0.490 e. The molecule has 0 spiro atoms. The van der Waals surface area contributed by atoms with Gasteiger partial charge in [-0.3, -0.25) is 0 Å². The van der Waals surface area contributed by atoms with Crippen LogP contribution in [0.25, 0.3) is 0 Å². The molecule has 0 amide bonds. The quantitative estimate of drug-likeness (QED) is 0.914. The third-order valence-corrected chi connectivity index (χ3v) is 4.83. The van der Waals surface area contributed by atoms with Crippen LogP contribution in [0.5, 0.6) is 5.75 Å². The second-order valence-electron chi connectivity index (χ2n) is 4.62. The lowest BCUT2D eigenvalue weighted by Crippen LogP contribution is -2.45. The maximum absolute atomic E-state index is 5.53. The Balaban J connectivity index is 2.35. The predicted molar refractivity (Wildman–Crippen MR) is 81.5 cm³/mol. The van der Waals surface area contributed by atoms with Gasteiger partial charge >= 0.3 is 0 Å². The molecule has 1 fully saturated rings. The number of thioether (sulfide) groups is 1. The average Bonchev–Trinajstić information content (AvgIpc) is 2.42. The van der Waals surface area contributed by atoms with E-state index in [1.807, 2.05) is 18.7 Å². The van der Waals surface area contributed by atoms with Gasteiger partial charge in [-0.05, 0) is 13.8 Å². The average molecular weight is 282 g/mol. The van der Waals surface area contributed by atoms with E-state index in [0.29, 0.717) is 11.3 Å². The van der Waals surface area contributed by atoms with Crippen molar-refractivity contribution < 1.29 is 4.74 Å². The van der Waals surface area contributed by atoms with Crippen molar-refractivity contribution in [3.63, 3.8) is 0 Å². The van der Waals surface area contributed by atoms with E-state index in [1.54, 1.807) is 13.4 Å². The van der Waals surface area contributed by atoms with Gasteiger partial charge in [0, 0.05) is 30.1 Å². The van der Waals surface area contributed by atoms with E-state index in [9.17, 15) is 0 Å². The van der Waals surface area contributed by atoms with E-state index >= 15 is 0 Å². The molecule has 2 unspecified atom stereocenters.